The molecule has 7 nitrogen and oxygen atoms in total. The maximum absolute atomic E-state index is 12.1. The normalized spacial score (nSPS) is 20.2. The Morgan fingerprint density at radius 3 is 2.65 bits per heavy atom. The summed E-state index contributed by atoms with van der Waals surface area (Å²) < 4.78 is 5.17. The molecular formula is C16H23N3O4. The fourth-order valence-electron chi connectivity index (χ4n) is 3.15. The van der Waals surface area contributed by atoms with E-state index in [9.17, 15) is 14.7 Å². The average molecular weight is 321 g/mol. The summed E-state index contributed by atoms with van der Waals surface area (Å²) in [5.74, 6) is 0.659. The van der Waals surface area contributed by atoms with Gasteiger partial charge in [-0.15, -0.1) is 0 Å². The molecule has 1 heterocycles. The van der Waals surface area contributed by atoms with Crippen molar-refractivity contribution in [2.75, 3.05) is 0 Å². The second kappa shape index (κ2) is 6.68. The smallest absolute Gasteiger partial charge is 0.329 e. The SMILES string of the molecule is O=C(CCCc1nc(C2CC2)no1)NC1(C(=O)O)CCCCC1. The highest BCUT2D eigenvalue weighted by molar-refractivity contribution is 5.87. The molecule has 1 aromatic rings. The lowest BCUT2D eigenvalue weighted by Gasteiger charge is -2.34. The van der Waals surface area contributed by atoms with Crippen molar-refractivity contribution in [3.63, 3.8) is 0 Å². The van der Waals surface area contributed by atoms with E-state index in [1.54, 1.807) is 0 Å². The van der Waals surface area contributed by atoms with Crippen LogP contribution in [-0.2, 0) is 16.0 Å². The van der Waals surface area contributed by atoms with E-state index >= 15 is 0 Å². The maximum atomic E-state index is 12.1. The molecule has 23 heavy (non-hydrogen) atoms. The Balaban J connectivity index is 1.45. The van der Waals surface area contributed by atoms with E-state index in [0.29, 0.717) is 37.5 Å². The van der Waals surface area contributed by atoms with Crippen molar-refractivity contribution in [1.82, 2.24) is 15.5 Å². The molecule has 2 fully saturated rings. The number of carbonyl (C=O) groups is 2. The fraction of sp³-hybridized carbons (Fsp3) is 0.750. The van der Waals surface area contributed by atoms with Gasteiger partial charge in [-0.2, -0.15) is 4.98 Å². The second-order valence-corrected chi connectivity index (χ2v) is 6.67. The van der Waals surface area contributed by atoms with Gasteiger partial charge in [0.1, 0.15) is 5.54 Å². The minimum absolute atomic E-state index is 0.212. The summed E-state index contributed by atoms with van der Waals surface area (Å²) in [6, 6.07) is 0. The zero-order valence-corrected chi connectivity index (χ0v) is 13.2. The highest BCUT2D eigenvalue weighted by Gasteiger charge is 2.40. The lowest BCUT2D eigenvalue weighted by Crippen LogP contribution is -2.55. The first kappa shape index (κ1) is 16.0. The molecule has 1 amide bonds. The van der Waals surface area contributed by atoms with Crippen LogP contribution in [0.2, 0.25) is 0 Å². The highest BCUT2D eigenvalue weighted by atomic mass is 16.5. The van der Waals surface area contributed by atoms with Crippen LogP contribution < -0.4 is 5.32 Å². The molecule has 2 aliphatic carbocycles. The molecule has 0 unspecified atom stereocenters. The van der Waals surface area contributed by atoms with Crippen LogP contribution in [0.4, 0.5) is 0 Å². The number of rotatable bonds is 7. The second-order valence-electron chi connectivity index (χ2n) is 6.67. The molecule has 126 valence electrons. The Hall–Kier alpha value is -1.92. The molecule has 0 atom stereocenters. The van der Waals surface area contributed by atoms with Crippen LogP contribution in [-0.4, -0.2) is 32.7 Å². The van der Waals surface area contributed by atoms with Crippen LogP contribution in [0.1, 0.15) is 75.4 Å². The predicted octanol–water partition coefficient (Wildman–Crippen LogP) is 2.17. The number of amides is 1. The first-order chi connectivity index (χ1) is 11.1. The van der Waals surface area contributed by atoms with Gasteiger partial charge in [-0.05, 0) is 32.1 Å². The van der Waals surface area contributed by atoms with Crippen LogP contribution >= 0.6 is 0 Å². The number of aliphatic carboxylic acids is 1. The molecule has 0 spiro atoms. The summed E-state index contributed by atoms with van der Waals surface area (Å²) in [6.07, 6.45) is 7.40. The first-order valence-electron chi connectivity index (χ1n) is 8.46. The van der Waals surface area contributed by atoms with Gasteiger partial charge in [0.25, 0.3) is 0 Å². The number of aromatic nitrogens is 2. The molecular weight excluding hydrogens is 298 g/mol. The third-order valence-electron chi connectivity index (χ3n) is 4.72. The predicted molar refractivity (Wildman–Crippen MR) is 80.8 cm³/mol. The molecule has 0 saturated heterocycles. The van der Waals surface area contributed by atoms with Gasteiger partial charge < -0.3 is 14.9 Å². The number of nitrogens with one attached hydrogen (secondary N) is 1. The molecule has 0 radical (unpaired) electrons. The summed E-state index contributed by atoms with van der Waals surface area (Å²) >= 11 is 0. The van der Waals surface area contributed by atoms with Crippen LogP contribution in [0.25, 0.3) is 0 Å². The van der Waals surface area contributed by atoms with E-state index in [2.05, 4.69) is 15.5 Å². The van der Waals surface area contributed by atoms with Crippen molar-refractivity contribution in [3.05, 3.63) is 11.7 Å². The Kier molecular flexibility index (Phi) is 4.63. The van der Waals surface area contributed by atoms with Gasteiger partial charge >= 0.3 is 5.97 Å². The Morgan fingerprint density at radius 1 is 1.26 bits per heavy atom. The zero-order valence-electron chi connectivity index (χ0n) is 13.2. The van der Waals surface area contributed by atoms with Gasteiger partial charge in [-0.3, -0.25) is 4.79 Å². The van der Waals surface area contributed by atoms with Crippen LogP contribution in [0.15, 0.2) is 4.52 Å². The Morgan fingerprint density at radius 2 is 2.00 bits per heavy atom. The first-order valence-corrected chi connectivity index (χ1v) is 8.46. The van der Waals surface area contributed by atoms with Crippen molar-refractivity contribution in [3.8, 4) is 0 Å². The number of carbonyl (C=O) groups excluding carboxylic acids is 1. The molecule has 7 heteroatoms. The lowest BCUT2D eigenvalue weighted by atomic mass is 9.81. The molecule has 0 aliphatic heterocycles. The highest BCUT2D eigenvalue weighted by Crippen LogP contribution is 2.38. The van der Waals surface area contributed by atoms with Gasteiger partial charge in [-0.1, -0.05) is 24.4 Å². The average Bonchev–Trinajstić information content (AvgIpc) is 3.28. The fourth-order valence-corrected chi connectivity index (χ4v) is 3.15. The number of carboxylic acids is 1. The van der Waals surface area contributed by atoms with Gasteiger partial charge in [0.15, 0.2) is 5.82 Å². The minimum atomic E-state index is -1.07. The third kappa shape index (κ3) is 3.89. The van der Waals surface area contributed by atoms with Gasteiger partial charge in [0.05, 0.1) is 0 Å². The number of aryl methyl sites for hydroxylation is 1. The van der Waals surface area contributed by atoms with E-state index in [-0.39, 0.29) is 12.3 Å². The maximum Gasteiger partial charge on any atom is 0.329 e. The largest absolute Gasteiger partial charge is 0.480 e. The monoisotopic (exact) mass is 321 g/mol. The zero-order chi connectivity index (χ0) is 16.3. The van der Waals surface area contributed by atoms with E-state index in [0.717, 1.165) is 37.9 Å². The minimum Gasteiger partial charge on any atom is -0.480 e. The molecule has 2 saturated carbocycles. The quantitative estimate of drug-likeness (QED) is 0.797. The van der Waals surface area contributed by atoms with E-state index in [1.807, 2.05) is 0 Å². The number of nitrogens with zero attached hydrogens (tertiary/aromatic N) is 2. The number of carboxylic acid groups (broad SMARTS) is 1. The standard InChI is InChI=1S/C16H23N3O4/c20-12(18-16(15(21)22)9-2-1-3-10-16)5-4-6-13-17-14(19-23-13)11-7-8-11/h11H,1-10H2,(H,18,20)(H,21,22). The lowest BCUT2D eigenvalue weighted by molar-refractivity contribution is -0.149. The third-order valence-corrected chi connectivity index (χ3v) is 4.72. The summed E-state index contributed by atoms with van der Waals surface area (Å²) in [6.45, 7) is 0. The molecule has 1 aromatic heterocycles. The van der Waals surface area contributed by atoms with Gasteiger partial charge in [-0.25, -0.2) is 4.79 Å². The molecule has 0 bridgehead atoms. The van der Waals surface area contributed by atoms with E-state index in [1.165, 1.54) is 0 Å². The van der Waals surface area contributed by atoms with Crippen molar-refractivity contribution in [2.45, 2.75) is 75.7 Å². The van der Waals surface area contributed by atoms with Crippen LogP contribution in [0.5, 0.6) is 0 Å². The van der Waals surface area contributed by atoms with Crippen molar-refractivity contribution >= 4 is 11.9 Å². The van der Waals surface area contributed by atoms with E-state index < -0.39 is 11.5 Å². The number of hydrogen-bond acceptors (Lipinski definition) is 5. The summed E-state index contributed by atoms with van der Waals surface area (Å²) in [7, 11) is 0. The topological polar surface area (TPSA) is 105 Å². The van der Waals surface area contributed by atoms with E-state index in [4.69, 9.17) is 4.52 Å². The van der Waals surface area contributed by atoms with Gasteiger partial charge in [0.2, 0.25) is 11.8 Å². The number of hydrogen-bond donors (Lipinski definition) is 2. The van der Waals surface area contributed by atoms with Crippen molar-refractivity contribution in [1.29, 1.82) is 0 Å². The molecule has 3 rings (SSSR count). The molecule has 2 N–H and O–H groups in total. The summed E-state index contributed by atoms with van der Waals surface area (Å²) in [5.41, 5.74) is -1.07. The van der Waals surface area contributed by atoms with Crippen LogP contribution in [0.3, 0.4) is 0 Å². The van der Waals surface area contributed by atoms with Crippen LogP contribution in [0, 0.1) is 0 Å². The summed E-state index contributed by atoms with van der Waals surface area (Å²) in [4.78, 5) is 27.9. The Labute approximate surface area is 134 Å². The van der Waals surface area contributed by atoms with Gasteiger partial charge in [0, 0.05) is 18.8 Å². The molecule has 0 aromatic carbocycles. The van der Waals surface area contributed by atoms with Crippen molar-refractivity contribution < 1.29 is 19.2 Å². The molecule has 2 aliphatic rings. The Bertz CT molecular complexity index is 574. The summed E-state index contributed by atoms with van der Waals surface area (Å²) in [5, 5.41) is 16.1. The van der Waals surface area contributed by atoms with Crippen molar-refractivity contribution in [2.24, 2.45) is 0 Å².